The lowest BCUT2D eigenvalue weighted by Crippen LogP contribution is -2.42. The minimum atomic E-state index is 0.494. The monoisotopic (exact) mass is 302 g/mol. The van der Waals surface area contributed by atoms with Gasteiger partial charge in [0.25, 0.3) is 0 Å². The lowest BCUT2D eigenvalue weighted by molar-refractivity contribution is 0.0633. The molecular formula is C19H26OS. The highest BCUT2D eigenvalue weighted by Gasteiger charge is 2.53. The molecule has 1 aromatic carbocycles. The van der Waals surface area contributed by atoms with Crippen LogP contribution < -0.4 is 4.74 Å². The molecule has 2 fully saturated rings. The molecule has 0 bridgehead atoms. The van der Waals surface area contributed by atoms with E-state index in [9.17, 15) is 0 Å². The minimum Gasteiger partial charge on any atom is -0.497 e. The van der Waals surface area contributed by atoms with E-state index in [2.05, 4.69) is 25.1 Å². The smallest absolute Gasteiger partial charge is 0.119 e. The van der Waals surface area contributed by atoms with E-state index in [0.29, 0.717) is 10.7 Å². The van der Waals surface area contributed by atoms with Crippen LogP contribution in [0.3, 0.4) is 0 Å². The summed E-state index contributed by atoms with van der Waals surface area (Å²) in [6.07, 6.45) is 8.04. The molecule has 0 amide bonds. The molecule has 5 atom stereocenters. The Labute approximate surface area is 133 Å². The van der Waals surface area contributed by atoms with Gasteiger partial charge in [-0.3, -0.25) is 0 Å². The highest BCUT2D eigenvalue weighted by Crippen LogP contribution is 2.62. The number of fused-ring (bicyclic) bond motifs is 5. The van der Waals surface area contributed by atoms with Crippen molar-refractivity contribution in [3.8, 4) is 5.75 Å². The first-order valence-electron chi connectivity index (χ1n) is 8.48. The Balaban J connectivity index is 1.68. The van der Waals surface area contributed by atoms with Gasteiger partial charge in [0.15, 0.2) is 0 Å². The number of thiol groups is 1. The molecular weight excluding hydrogens is 276 g/mol. The van der Waals surface area contributed by atoms with Crippen LogP contribution in [0.1, 0.15) is 56.1 Å². The molecule has 0 unspecified atom stereocenters. The van der Waals surface area contributed by atoms with Gasteiger partial charge in [0.1, 0.15) is 5.75 Å². The van der Waals surface area contributed by atoms with Gasteiger partial charge in [-0.2, -0.15) is 12.6 Å². The van der Waals surface area contributed by atoms with Gasteiger partial charge in [0.05, 0.1) is 7.11 Å². The third-order valence-corrected chi connectivity index (χ3v) is 7.73. The van der Waals surface area contributed by atoms with Gasteiger partial charge >= 0.3 is 0 Å². The second-order valence-electron chi connectivity index (χ2n) is 7.62. The van der Waals surface area contributed by atoms with Crippen molar-refractivity contribution >= 4 is 12.6 Å². The predicted molar refractivity (Wildman–Crippen MR) is 90.4 cm³/mol. The van der Waals surface area contributed by atoms with E-state index in [1.807, 2.05) is 0 Å². The van der Waals surface area contributed by atoms with Crippen LogP contribution in [-0.4, -0.2) is 12.4 Å². The van der Waals surface area contributed by atoms with Crippen LogP contribution in [-0.2, 0) is 6.42 Å². The second-order valence-corrected chi connectivity index (χ2v) is 8.24. The number of hydrogen-bond acceptors (Lipinski definition) is 2. The third kappa shape index (κ3) is 1.98. The summed E-state index contributed by atoms with van der Waals surface area (Å²) in [7, 11) is 1.77. The van der Waals surface area contributed by atoms with Gasteiger partial charge in [0.2, 0.25) is 0 Å². The third-order valence-electron chi connectivity index (χ3n) is 6.88. The molecule has 21 heavy (non-hydrogen) atoms. The molecule has 114 valence electrons. The fraction of sp³-hybridized carbons (Fsp3) is 0.684. The van der Waals surface area contributed by atoms with E-state index in [1.54, 1.807) is 18.2 Å². The summed E-state index contributed by atoms with van der Waals surface area (Å²) in [5.74, 6) is 3.59. The maximum Gasteiger partial charge on any atom is 0.119 e. The summed E-state index contributed by atoms with van der Waals surface area (Å²) in [5, 5.41) is 0.626. The fourth-order valence-electron chi connectivity index (χ4n) is 5.66. The predicted octanol–water partition coefficient (Wildman–Crippen LogP) is 4.85. The molecule has 0 spiro atoms. The standard InChI is InChI=1S/C19H26OS/c1-19-10-9-15-14-6-4-13(20-2)11-12(14)3-5-16(15)17(19)7-8-18(19)21/h4,6,11,15-18,21H,3,5,7-10H2,1-2H3/t15-,16-,17+,18-,19+/m1/s1. The molecule has 0 saturated heterocycles. The maximum absolute atomic E-state index is 5.41. The normalized spacial score (nSPS) is 41.1. The average Bonchev–Trinajstić information content (AvgIpc) is 2.82. The summed E-state index contributed by atoms with van der Waals surface area (Å²) in [6.45, 7) is 2.52. The second kappa shape index (κ2) is 4.94. The Bertz CT molecular complexity index is 554. The summed E-state index contributed by atoms with van der Waals surface area (Å²) >= 11 is 4.92. The molecule has 3 aliphatic rings. The molecule has 4 rings (SSSR count). The minimum absolute atomic E-state index is 0.494. The molecule has 2 heteroatoms. The summed E-state index contributed by atoms with van der Waals surface area (Å²) in [4.78, 5) is 0. The van der Waals surface area contributed by atoms with Crippen LogP contribution >= 0.6 is 12.6 Å². The molecule has 3 aliphatic carbocycles. The molecule has 2 saturated carbocycles. The van der Waals surface area contributed by atoms with Gasteiger partial charge < -0.3 is 4.74 Å². The first-order chi connectivity index (χ1) is 10.1. The number of ether oxygens (including phenoxy) is 1. The van der Waals surface area contributed by atoms with Gasteiger partial charge in [0, 0.05) is 5.25 Å². The first kappa shape index (κ1) is 14.0. The molecule has 0 N–H and O–H groups in total. The SMILES string of the molecule is COc1ccc2c(c1)CC[C@@H]1[C@@H]2CC[C@]2(C)[C@H](S)CC[C@@H]12. The highest BCUT2D eigenvalue weighted by atomic mass is 32.1. The van der Waals surface area contributed by atoms with E-state index in [-0.39, 0.29) is 0 Å². The topological polar surface area (TPSA) is 9.23 Å². The van der Waals surface area contributed by atoms with Crippen molar-refractivity contribution in [1.82, 2.24) is 0 Å². The van der Waals surface area contributed by atoms with Crippen LogP contribution in [0.4, 0.5) is 0 Å². The Morgan fingerprint density at radius 3 is 2.86 bits per heavy atom. The number of rotatable bonds is 1. The van der Waals surface area contributed by atoms with E-state index in [4.69, 9.17) is 17.4 Å². The summed E-state index contributed by atoms with van der Waals surface area (Å²) in [6, 6.07) is 6.78. The van der Waals surface area contributed by atoms with E-state index in [0.717, 1.165) is 23.5 Å². The lowest BCUT2D eigenvalue weighted by Gasteiger charge is -2.50. The van der Waals surface area contributed by atoms with Crippen LogP contribution in [0.5, 0.6) is 5.75 Å². The quantitative estimate of drug-likeness (QED) is 0.730. The molecule has 0 aromatic heterocycles. The van der Waals surface area contributed by atoms with Crippen LogP contribution in [0.2, 0.25) is 0 Å². The van der Waals surface area contributed by atoms with E-state index < -0.39 is 0 Å². The van der Waals surface area contributed by atoms with E-state index >= 15 is 0 Å². The molecule has 0 aliphatic heterocycles. The number of aryl methyl sites for hydroxylation is 1. The maximum atomic E-state index is 5.41. The zero-order valence-corrected chi connectivity index (χ0v) is 14.0. The van der Waals surface area contributed by atoms with Crippen molar-refractivity contribution in [1.29, 1.82) is 0 Å². The number of benzene rings is 1. The Morgan fingerprint density at radius 1 is 1.19 bits per heavy atom. The lowest BCUT2D eigenvalue weighted by atomic mass is 9.56. The van der Waals surface area contributed by atoms with Crippen LogP contribution in [0.15, 0.2) is 18.2 Å². The molecule has 0 radical (unpaired) electrons. The van der Waals surface area contributed by atoms with Crippen LogP contribution in [0, 0.1) is 17.3 Å². The highest BCUT2D eigenvalue weighted by molar-refractivity contribution is 7.81. The molecule has 1 nitrogen and oxygen atoms in total. The van der Waals surface area contributed by atoms with Crippen molar-refractivity contribution in [3.63, 3.8) is 0 Å². The summed E-state index contributed by atoms with van der Waals surface area (Å²) in [5.41, 5.74) is 3.66. The zero-order valence-electron chi connectivity index (χ0n) is 13.1. The van der Waals surface area contributed by atoms with Crippen molar-refractivity contribution in [2.24, 2.45) is 17.3 Å². The Morgan fingerprint density at radius 2 is 2.05 bits per heavy atom. The van der Waals surface area contributed by atoms with Gasteiger partial charge in [-0.15, -0.1) is 0 Å². The molecule has 1 aromatic rings. The van der Waals surface area contributed by atoms with Crippen molar-refractivity contribution in [2.45, 2.75) is 56.6 Å². The number of methoxy groups -OCH3 is 1. The van der Waals surface area contributed by atoms with E-state index in [1.165, 1.54) is 38.5 Å². The zero-order chi connectivity index (χ0) is 14.6. The summed E-state index contributed by atoms with van der Waals surface area (Å²) < 4.78 is 5.41. The first-order valence-corrected chi connectivity index (χ1v) is 9.00. The Hall–Kier alpha value is -0.630. The largest absolute Gasteiger partial charge is 0.497 e. The van der Waals surface area contributed by atoms with Crippen LogP contribution in [0.25, 0.3) is 0 Å². The van der Waals surface area contributed by atoms with Crippen molar-refractivity contribution in [2.75, 3.05) is 7.11 Å². The van der Waals surface area contributed by atoms with Gasteiger partial charge in [-0.25, -0.2) is 0 Å². The fourth-order valence-corrected chi connectivity index (χ4v) is 6.13. The average molecular weight is 302 g/mol. The van der Waals surface area contributed by atoms with Crippen molar-refractivity contribution in [3.05, 3.63) is 29.3 Å². The van der Waals surface area contributed by atoms with Crippen molar-refractivity contribution < 1.29 is 4.74 Å². The molecule has 0 heterocycles. The van der Waals surface area contributed by atoms with Gasteiger partial charge in [-0.1, -0.05) is 13.0 Å². The Kier molecular flexibility index (Phi) is 3.29. The van der Waals surface area contributed by atoms with Gasteiger partial charge in [-0.05, 0) is 85.0 Å². The number of hydrogen-bond donors (Lipinski definition) is 1.